The molecular weight excluding hydrogens is 350 g/mol. The minimum atomic E-state index is 0.253. The first-order valence-corrected chi connectivity index (χ1v) is 10.5. The maximum atomic E-state index is 5.02. The second-order valence-corrected chi connectivity index (χ2v) is 8.63. The highest BCUT2D eigenvalue weighted by Gasteiger charge is 2.54. The van der Waals surface area contributed by atoms with Crippen LogP contribution in [0.2, 0.25) is 0 Å². The summed E-state index contributed by atoms with van der Waals surface area (Å²) >= 11 is 0. The van der Waals surface area contributed by atoms with Crippen molar-refractivity contribution in [1.82, 2.24) is 24.8 Å². The van der Waals surface area contributed by atoms with Crippen molar-refractivity contribution in [3.05, 3.63) is 36.0 Å². The van der Waals surface area contributed by atoms with Gasteiger partial charge in [0.15, 0.2) is 0 Å². The summed E-state index contributed by atoms with van der Waals surface area (Å²) in [6.45, 7) is 8.51. The van der Waals surface area contributed by atoms with Crippen molar-refractivity contribution in [3.63, 3.8) is 0 Å². The van der Waals surface area contributed by atoms with E-state index in [0.717, 1.165) is 63.3 Å². The lowest BCUT2D eigenvalue weighted by atomic mass is 9.70. The predicted octanol–water partition coefficient (Wildman–Crippen LogP) is 1.96. The van der Waals surface area contributed by atoms with Gasteiger partial charge in [-0.3, -0.25) is 0 Å². The van der Waals surface area contributed by atoms with Crippen LogP contribution in [-0.2, 0) is 6.42 Å². The highest BCUT2D eigenvalue weighted by molar-refractivity contribution is 5.45. The van der Waals surface area contributed by atoms with Gasteiger partial charge in [0.25, 0.3) is 0 Å². The van der Waals surface area contributed by atoms with Crippen LogP contribution in [0, 0.1) is 5.41 Å². The lowest BCUT2D eigenvalue weighted by Crippen LogP contribution is -2.60. The third-order valence-electron chi connectivity index (χ3n) is 6.57. The Balaban J connectivity index is 1.37. The number of hydrogen-bond acceptors (Lipinski definition) is 7. The van der Waals surface area contributed by atoms with E-state index in [1.54, 1.807) is 0 Å². The maximum Gasteiger partial charge on any atom is 0.225 e. The van der Waals surface area contributed by atoms with Crippen LogP contribution < -0.4 is 9.80 Å². The van der Waals surface area contributed by atoms with E-state index < -0.39 is 0 Å². The molecule has 3 aliphatic rings. The van der Waals surface area contributed by atoms with Gasteiger partial charge in [-0.1, -0.05) is 6.92 Å². The van der Waals surface area contributed by atoms with E-state index in [4.69, 9.17) is 9.97 Å². The Hall–Kier alpha value is -2.28. The first kappa shape index (κ1) is 17.8. The van der Waals surface area contributed by atoms with Crippen molar-refractivity contribution in [2.75, 3.05) is 56.1 Å². The standard InChI is InChI=1S/C21H29N7/c1-3-18-22-9-7-19(25-18)28-14-21(15-28)13-26(2)12-16(21)17-6-8-23-20(24-17)27-10-4-5-11-27/h6-9,16H,3-5,10-15H2,1-2H3. The number of aromatic nitrogens is 4. The first-order chi connectivity index (χ1) is 13.7. The molecule has 2 aromatic rings. The zero-order valence-corrected chi connectivity index (χ0v) is 16.9. The molecule has 7 heteroatoms. The molecule has 7 nitrogen and oxygen atoms in total. The van der Waals surface area contributed by atoms with Crippen molar-refractivity contribution in [2.45, 2.75) is 32.1 Å². The van der Waals surface area contributed by atoms with Gasteiger partial charge in [0.2, 0.25) is 5.95 Å². The number of nitrogens with zero attached hydrogens (tertiary/aromatic N) is 7. The average Bonchev–Trinajstić information content (AvgIpc) is 3.35. The zero-order chi connectivity index (χ0) is 19.1. The first-order valence-electron chi connectivity index (χ1n) is 10.5. The van der Waals surface area contributed by atoms with Gasteiger partial charge in [0.05, 0.1) is 5.69 Å². The van der Waals surface area contributed by atoms with E-state index in [2.05, 4.69) is 44.7 Å². The van der Waals surface area contributed by atoms with Gasteiger partial charge in [-0.25, -0.2) is 19.9 Å². The molecule has 0 saturated carbocycles. The monoisotopic (exact) mass is 379 g/mol. The molecule has 5 rings (SSSR count). The van der Waals surface area contributed by atoms with Crippen LogP contribution in [0.4, 0.5) is 11.8 Å². The Bertz CT molecular complexity index is 842. The number of aryl methyl sites for hydroxylation is 1. The Morgan fingerprint density at radius 2 is 1.79 bits per heavy atom. The Labute approximate surface area is 166 Å². The predicted molar refractivity (Wildman–Crippen MR) is 110 cm³/mol. The van der Waals surface area contributed by atoms with Gasteiger partial charge >= 0.3 is 0 Å². The molecule has 1 atom stereocenters. The molecule has 0 radical (unpaired) electrons. The average molecular weight is 380 g/mol. The summed E-state index contributed by atoms with van der Waals surface area (Å²) in [5.74, 6) is 3.35. The molecule has 3 saturated heterocycles. The van der Waals surface area contributed by atoms with Gasteiger partial charge in [-0.2, -0.15) is 0 Å². The highest BCUT2D eigenvalue weighted by Crippen LogP contribution is 2.49. The number of likely N-dealkylation sites (N-methyl/N-ethyl adjacent to an activating group) is 1. The topological polar surface area (TPSA) is 61.3 Å². The molecular formula is C21H29N7. The summed E-state index contributed by atoms with van der Waals surface area (Å²) in [7, 11) is 2.23. The number of hydrogen-bond donors (Lipinski definition) is 0. The van der Waals surface area contributed by atoms with Crippen molar-refractivity contribution in [2.24, 2.45) is 5.41 Å². The van der Waals surface area contributed by atoms with Crippen molar-refractivity contribution >= 4 is 11.8 Å². The van der Waals surface area contributed by atoms with Gasteiger partial charge in [0.1, 0.15) is 11.6 Å². The molecule has 0 amide bonds. The minimum absolute atomic E-state index is 0.253. The number of likely N-dealkylation sites (tertiary alicyclic amines) is 1. The molecule has 28 heavy (non-hydrogen) atoms. The molecule has 2 aromatic heterocycles. The normalized spacial score (nSPS) is 24.1. The molecule has 1 unspecified atom stereocenters. The molecule has 0 bridgehead atoms. The summed E-state index contributed by atoms with van der Waals surface area (Å²) in [4.78, 5) is 25.8. The fourth-order valence-electron chi connectivity index (χ4n) is 5.18. The van der Waals surface area contributed by atoms with E-state index in [-0.39, 0.29) is 5.41 Å². The van der Waals surface area contributed by atoms with Crippen molar-refractivity contribution < 1.29 is 0 Å². The van der Waals surface area contributed by atoms with E-state index in [0.29, 0.717) is 5.92 Å². The van der Waals surface area contributed by atoms with Gasteiger partial charge in [-0.05, 0) is 32.0 Å². The molecule has 0 aromatic carbocycles. The van der Waals surface area contributed by atoms with Crippen molar-refractivity contribution in [1.29, 1.82) is 0 Å². The molecule has 0 N–H and O–H groups in total. The molecule has 148 valence electrons. The lowest BCUT2D eigenvalue weighted by Gasteiger charge is -2.51. The molecule has 0 aliphatic carbocycles. The third-order valence-corrected chi connectivity index (χ3v) is 6.57. The fraction of sp³-hybridized carbons (Fsp3) is 0.619. The van der Waals surface area contributed by atoms with Crippen LogP contribution in [-0.4, -0.2) is 71.2 Å². The largest absolute Gasteiger partial charge is 0.355 e. The minimum Gasteiger partial charge on any atom is -0.355 e. The summed E-state index contributed by atoms with van der Waals surface area (Å²) in [6, 6.07) is 4.17. The smallest absolute Gasteiger partial charge is 0.225 e. The molecule has 5 heterocycles. The zero-order valence-electron chi connectivity index (χ0n) is 16.9. The van der Waals surface area contributed by atoms with Crippen LogP contribution in [0.5, 0.6) is 0 Å². The highest BCUT2D eigenvalue weighted by atomic mass is 15.3. The van der Waals surface area contributed by atoms with Crippen LogP contribution in [0.1, 0.15) is 37.2 Å². The maximum absolute atomic E-state index is 5.02. The lowest BCUT2D eigenvalue weighted by molar-refractivity contribution is 0.194. The summed E-state index contributed by atoms with van der Waals surface area (Å²) in [6.07, 6.45) is 7.21. The second-order valence-electron chi connectivity index (χ2n) is 8.63. The van der Waals surface area contributed by atoms with E-state index in [1.807, 2.05) is 18.5 Å². The SMILES string of the molecule is CCc1nccc(N2CC3(CN(C)CC3c3ccnc(N4CCCC4)n3)C2)n1. The van der Waals surface area contributed by atoms with E-state index >= 15 is 0 Å². The van der Waals surface area contributed by atoms with Crippen LogP contribution in [0.3, 0.4) is 0 Å². The Morgan fingerprint density at radius 3 is 2.57 bits per heavy atom. The van der Waals surface area contributed by atoms with Crippen LogP contribution >= 0.6 is 0 Å². The van der Waals surface area contributed by atoms with Gasteiger partial charge in [0, 0.05) is 69.4 Å². The van der Waals surface area contributed by atoms with Gasteiger partial charge < -0.3 is 14.7 Å². The van der Waals surface area contributed by atoms with Crippen molar-refractivity contribution in [3.8, 4) is 0 Å². The number of rotatable bonds is 4. The molecule has 3 fully saturated rings. The summed E-state index contributed by atoms with van der Waals surface area (Å²) in [5.41, 5.74) is 1.46. The van der Waals surface area contributed by atoms with Crippen LogP contribution in [0.25, 0.3) is 0 Å². The van der Waals surface area contributed by atoms with Crippen LogP contribution in [0.15, 0.2) is 24.5 Å². The quantitative estimate of drug-likeness (QED) is 0.805. The Morgan fingerprint density at radius 1 is 1.00 bits per heavy atom. The summed E-state index contributed by atoms with van der Waals surface area (Å²) in [5, 5.41) is 0. The van der Waals surface area contributed by atoms with E-state index in [9.17, 15) is 0 Å². The third kappa shape index (κ3) is 3.02. The van der Waals surface area contributed by atoms with Gasteiger partial charge in [-0.15, -0.1) is 0 Å². The summed E-state index contributed by atoms with van der Waals surface area (Å²) < 4.78 is 0. The van der Waals surface area contributed by atoms with E-state index in [1.165, 1.54) is 18.5 Å². The molecule has 1 spiro atoms. The second kappa shape index (κ2) is 6.95. The molecule has 3 aliphatic heterocycles. The fourth-order valence-corrected chi connectivity index (χ4v) is 5.18. The Kier molecular flexibility index (Phi) is 4.42. The number of anilines is 2.